The summed E-state index contributed by atoms with van der Waals surface area (Å²) in [6.07, 6.45) is 5.08. The van der Waals surface area contributed by atoms with Gasteiger partial charge in [-0.25, -0.2) is 9.78 Å². The van der Waals surface area contributed by atoms with Gasteiger partial charge in [-0.3, -0.25) is 0 Å². The van der Waals surface area contributed by atoms with Crippen molar-refractivity contribution in [1.82, 2.24) is 9.55 Å². The van der Waals surface area contributed by atoms with Gasteiger partial charge in [0.25, 0.3) is 0 Å². The third-order valence-corrected chi connectivity index (χ3v) is 3.95. The Kier molecular flexibility index (Phi) is 3.07. The summed E-state index contributed by atoms with van der Waals surface area (Å²) in [4.78, 5) is 15.7. The van der Waals surface area contributed by atoms with E-state index in [2.05, 4.69) is 4.98 Å². The molecule has 0 spiro atoms. The number of nitrogens with zero attached hydrogens (tertiary/aromatic N) is 2. The van der Waals surface area contributed by atoms with Crippen molar-refractivity contribution in [3.05, 3.63) is 17.2 Å². The van der Waals surface area contributed by atoms with E-state index in [1.165, 1.54) is 0 Å². The fraction of sp³-hybridized carbons (Fsp3) is 0.692. The van der Waals surface area contributed by atoms with Gasteiger partial charge in [0.05, 0.1) is 5.69 Å². The summed E-state index contributed by atoms with van der Waals surface area (Å²) < 4.78 is 7.28. The second-order valence-corrected chi connectivity index (χ2v) is 5.07. The highest BCUT2D eigenvalue weighted by Crippen LogP contribution is 2.32. The van der Waals surface area contributed by atoms with Crippen LogP contribution < -0.4 is 0 Å². The normalized spacial score (nSPS) is 20.7. The maximum atomic E-state index is 11.3. The molecule has 1 aromatic rings. The molecule has 0 aliphatic carbocycles. The highest BCUT2D eigenvalue weighted by molar-refractivity contribution is 5.84. The molecule has 98 valence electrons. The van der Waals surface area contributed by atoms with E-state index in [1.807, 2.05) is 4.57 Å². The standard InChI is InChI=1S/C13H18N2O3/c16-13(17)12-14-11(9-4-7-18-8-5-9)10-3-1-2-6-15(10)12/h9H,1-8H2,(H,16,17). The first-order valence-electron chi connectivity index (χ1n) is 6.67. The van der Waals surface area contributed by atoms with Crippen molar-refractivity contribution < 1.29 is 14.6 Å². The Hall–Kier alpha value is -1.36. The van der Waals surface area contributed by atoms with Gasteiger partial charge >= 0.3 is 5.97 Å². The molecule has 0 aromatic carbocycles. The summed E-state index contributed by atoms with van der Waals surface area (Å²) in [5, 5.41) is 9.24. The Morgan fingerprint density at radius 3 is 2.83 bits per heavy atom. The lowest BCUT2D eigenvalue weighted by Crippen LogP contribution is -2.18. The molecule has 1 N–H and O–H groups in total. The molecule has 5 nitrogen and oxygen atoms in total. The lowest BCUT2D eigenvalue weighted by Gasteiger charge is -2.23. The average molecular weight is 250 g/mol. The van der Waals surface area contributed by atoms with Crippen LogP contribution in [0.1, 0.15) is 53.6 Å². The molecule has 0 amide bonds. The predicted molar refractivity (Wildman–Crippen MR) is 64.9 cm³/mol. The van der Waals surface area contributed by atoms with Crippen molar-refractivity contribution in [2.45, 2.75) is 44.6 Å². The number of rotatable bonds is 2. The molecule has 2 aliphatic heterocycles. The van der Waals surface area contributed by atoms with Gasteiger partial charge in [-0.15, -0.1) is 0 Å². The predicted octanol–water partition coefficient (Wildman–Crippen LogP) is 1.81. The van der Waals surface area contributed by atoms with Gasteiger partial charge < -0.3 is 14.4 Å². The number of ether oxygens (including phenoxy) is 1. The molecule has 3 rings (SSSR count). The molecule has 2 aliphatic rings. The number of aromatic nitrogens is 2. The highest BCUT2D eigenvalue weighted by atomic mass is 16.5. The van der Waals surface area contributed by atoms with Crippen LogP contribution in [0.2, 0.25) is 0 Å². The molecule has 1 aromatic heterocycles. The number of carbonyl (C=O) groups is 1. The number of imidazole rings is 1. The molecule has 0 saturated carbocycles. The SMILES string of the molecule is O=C(O)c1nc(C2CCOCC2)c2n1CCCC2. The summed E-state index contributed by atoms with van der Waals surface area (Å²) in [5.41, 5.74) is 2.18. The molecule has 3 heterocycles. The maximum absolute atomic E-state index is 11.3. The van der Waals surface area contributed by atoms with Crippen molar-refractivity contribution in [3.63, 3.8) is 0 Å². The van der Waals surface area contributed by atoms with Crippen molar-refractivity contribution in [2.75, 3.05) is 13.2 Å². The maximum Gasteiger partial charge on any atom is 0.372 e. The van der Waals surface area contributed by atoms with Gasteiger partial charge in [0.2, 0.25) is 5.82 Å². The Balaban J connectivity index is 2.00. The molecule has 0 atom stereocenters. The number of hydrogen-bond acceptors (Lipinski definition) is 3. The van der Waals surface area contributed by atoms with E-state index in [0.717, 1.165) is 63.3 Å². The van der Waals surface area contributed by atoms with Gasteiger partial charge in [-0.05, 0) is 32.1 Å². The van der Waals surface area contributed by atoms with Crippen molar-refractivity contribution >= 4 is 5.97 Å². The van der Waals surface area contributed by atoms with Crippen LogP contribution in [0.3, 0.4) is 0 Å². The zero-order valence-corrected chi connectivity index (χ0v) is 10.4. The quantitative estimate of drug-likeness (QED) is 0.869. The van der Waals surface area contributed by atoms with Crippen molar-refractivity contribution in [2.24, 2.45) is 0 Å². The lowest BCUT2D eigenvalue weighted by molar-refractivity contribution is 0.0676. The van der Waals surface area contributed by atoms with Crippen LogP contribution in [0.5, 0.6) is 0 Å². The topological polar surface area (TPSA) is 64.3 Å². The lowest BCUT2D eigenvalue weighted by atomic mass is 9.93. The fourth-order valence-electron chi connectivity index (χ4n) is 3.03. The van der Waals surface area contributed by atoms with E-state index in [1.54, 1.807) is 0 Å². The molecule has 0 bridgehead atoms. The summed E-state index contributed by atoms with van der Waals surface area (Å²) in [5.74, 6) is -0.297. The molecule has 0 radical (unpaired) electrons. The van der Waals surface area contributed by atoms with Crippen molar-refractivity contribution in [1.29, 1.82) is 0 Å². The monoisotopic (exact) mass is 250 g/mol. The van der Waals surface area contributed by atoms with E-state index in [0.29, 0.717) is 5.92 Å². The van der Waals surface area contributed by atoms with Gasteiger partial charge in [0.15, 0.2) is 0 Å². The van der Waals surface area contributed by atoms with Crippen LogP contribution in [0, 0.1) is 0 Å². The molecule has 1 fully saturated rings. The smallest absolute Gasteiger partial charge is 0.372 e. The van der Waals surface area contributed by atoms with Crippen LogP contribution in [0.15, 0.2) is 0 Å². The van der Waals surface area contributed by atoms with E-state index in [-0.39, 0.29) is 5.82 Å². The Bertz CT molecular complexity index is 461. The minimum atomic E-state index is -0.906. The van der Waals surface area contributed by atoms with Crippen LogP contribution in [-0.4, -0.2) is 33.8 Å². The minimum Gasteiger partial charge on any atom is -0.475 e. The third-order valence-electron chi connectivity index (χ3n) is 3.95. The van der Waals surface area contributed by atoms with Gasteiger partial charge in [-0.1, -0.05) is 0 Å². The van der Waals surface area contributed by atoms with E-state index in [9.17, 15) is 9.90 Å². The average Bonchev–Trinajstić information content (AvgIpc) is 2.79. The summed E-state index contributed by atoms with van der Waals surface area (Å²) in [6, 6.07) is 0. The van der Waals surface area contributed by atoms with Crippen LogP contribution in [0.25, 0.3) is 0 Å². The third kappa shape index (κ3) is 1.92. The summed E-state index contributed by atoms with van der Waals surface area (Å²) >= 11 is 0. The van der Waals surface area contributed by atoms with Gasteiger partial charge in [0, 0.05) is 31.4 Å². The highest BCUT2D eigenvalue weighted by Gasteiger charge is 2.28. The molecule has 18 heavy (non-hydrogen) atoms. The zero-order valence-electron chi connectivity index (χ0n) is 10.4. The summed E-state index contributed by atoms with van der Waals surface area (Å²) in [7, 11) is 0. The Morgan fingerprint density at radius 2 is 2.11 bits per heavy atom. The molecular weight excluding hydrogens is 232 g/mol. The van der Waals surface area contributed by atoms with E-state index < -0.39 is 5.97 Å². The number of aromatic carboxylic acids is 1. The Labute approximate surface area is 106 Å². The number of carboxylic acids is 1. The first kappa shape index (κ1) is 11.7. The zero-order chi connectivity index (χ0) is 12.5. The minimum absolute atomic E-state index is 0.228. The second-order valence-electron chi connectivity index (χ2n) is 5.07. The molecule has 5 heteroatoms. The van der Waals surface area contributed by atoms with Crippen LogP contribution in [0.4, 0.5) is 0 Å². The second kappa shape index (κ2) is 4.72. The largest absolute Gasteiger partial charge is 0.475 e. The van der Waals surface area contributed by atoms with Crippen LogP contribution in [-0.2, 0) is 17.7 Å². The first-order chi connectivity index (χ1) is 8.77. The molecule has 0 unspecified atom stereocenters. The van der Waals surface area contributed by atoms with E-state index in [4.69, 9.17) is 4.74 Å². The van der Waals surface area contributed by atoms with Gasteiger partial charge in [-0.2, -0.15) is 0 Å². The van der Waals surface area contributed by atoms with Crippen LogP contribution >= 0.6 is 0 Å². The Morgan fingerprint density at radius 1 is 1.33 bits per heavy atom. The molecule has 1 saturated heterocycles. The van der Waals surface area contributed by atoms with Gasteiger partial charge in [0.1, 0.15) is 0 Å². The van der Waals surface area contributed by atoms with Crippen molar-refractivity contribution in [3.8, 4) is 0 Å². The molecular formula is C13H18N2O3. The number of fused-ring (bicyclic) bond motifs is 1. The number of carboxylic acid groups (broad SMARTS) is 1. The number of hydrogen-bond donors (Lipinski definition) is 1. The fourth-order valence-corrected chi connectivity index (χ4v) is 3.03. The van der Waals surface area contributed by atoms with E-state index >= 15 is 0 Å². The first-order valence-corrected chi connectivity index (χ1v) is 6.67. The summed E-state index contributed by atoms with van der Waals surface area (Å²) in [6.45, 7) is 2.33.